The number of carbonyl (C=O) groups excluding carboxylic acids is 2. The molecule has 1 fully saturated rings. The predicted octanol–water partition coefficient (Wildman–Crippen LogP) is 4.22. The first-order valence-electron chi connectivity index (χ1n) is 9.99. The minimum atomic E-state index is -0.255. The van der Waals surface area contributed by atoms with Crippen molar-refractivity contribution in [1.29, 1.82) is 0 Å². The summed E-state index contributed by atoms with van der Waals surface area (Å²) in [5, 5.41) is 4.93. The molecule has 6 heteroatoms. The Kier molecular flexibility index (Phi) is 5.34. The molecule has 6 nitrogen and oxygen atoms in total. The number of benzene rings is 2. The second-order valence-electron chi connectivity index (χ2n) is 7.45. The van der Waals surface area contributed by atoms with E-state index in [1.807, 2.05) is 37.3 Å². The average molecular weight is 392 g/mol. The summed E-state index contributed by atoms with van der Waals surface area (Å²) in [5.74, 6) is 0.0888. The third-order valence-electron chi connectivity index (χ3n) is 5.37. The monoisotopic (exact) mass is 392 g/mol. The largest absolute Gasteiger partial charge is 0.466 e. The zero-order chi connectivity index (χ0) is 20.4. The summed E-state index contributed by atoms with van der Waals surface area (Å²) in [7, 11) is 0. The fourth-order valence-corrected chi connectivity index (χ4v) is 3.78. The standard InChI is InChI=1S/C23H24N2O4/c1-3-28-23(27)18-5-4-12-25(14-18)22(26)17-10-11-20-19(13-17)21(29-24-20)16-8-6-15(2)7-9-16/h6-11,13,18H,3-5,12,14H2,1-2H3. The van der Waals surface area contributed by atoms with E-state index in [1.165, 1.54) is 0 Å². The van der Waals surface area contributed by atoms with Gasteiger partial charge in [0, 0.05) is 24.2 Å². The molecule has 4 rings (SSSR count). The molecule has 1 unspecified atom stereocenters. The van der Waals surface area contributed by atoms with Gasteiger partial charge in [0.1, 0.15) is 5.52 Å². The Balaban J connectivity index is 1.60. The third-order valence-corrected chi connectivity index (χ3v) is 5.37. The zero-order valence-electron chi connectivity index (χ0n) is 16.7. The van der Waals surface area contributed by atoms with E-state index in [1.54, 1.807) is 24.0 Å². The van der Waals surface area contributed by atoms with Crippen LogP contribution in [0.3, 0.4) is 0 Å². The summed E-state index contributed by atoms with van der Waals surface area (Å²) in [5.41, 5.74) is 3.36. The van der Waals surface area contributed by atoms with Gasteiger partial charge in [-0.3, -0.25) is 9.59 Å². The molecular formula is C23H24N2O4. The number of ether oxygens (including phenoxy) is 1. The molecule has 2 aromatic carbocycles. The number of aromatic nitrogens is 1. The Bertz CT molecular complexity index is 1040. The predicted molar refractivity (Wildman–Crippen MR) is 109 cm³/mol. The van der Waals surface area contributed by atoms with Crippen molar-refractivity contribution in [3.8, 4) is 11.3 Å². The fraction of sp³-hybridized carbons (Fsp3) is 0.348. The number of likely N-dealkylation sites (tertiary alicyclic amines) is 1. The topological polar surface area (TPSA) is 72.6 Å². The van der Waals surface area contributed by atoms with Gasteiger partial charge in [-0.2, -0.15) is 0 Å². The number of piperidine rings is 1. The quantitative estimate of drug-likeness (QED) is 0.622. The first kappa shape index (κ1) is 19.2. The van der Waals surface area contributed by atoms with Crippen molar-refractivity contribution >= 4 is 22.8 Å². The van der Waals surface area contributed by atoms with Crippen LogP contribution in [-0.4, -0.2) is 41.6 Å². The van der Waals surface area contributed by atoms with Gasteiger partial charge >= 0.3 is 5.97 Å². The Morgan fingerprint density at radius 1 is 1.21 bits per heavy atom. The van der Waals surface area contributed by atoms with Gasteiger partial charge in [0.05, 0.1) is 17.9 Å². The van der Waals surface area contributed by atoms with Crippen LogP contribution in [-0.2, 0) is 9.53 Å². The minimum absolute atomic E-state index is 0.0862. The highest BCUT2D eigenvalue weighted by molar-refractivity contribution is 6.01. The van der Waals surface area contributed by atoms with Gasteiger partial charge in [-0.15, -0.1) is 0 Å². The lowest BCUT2D eigenvalue weighted by atomic mass is 9.97. The smallest absolute Gasteiger partial charge is 0.310 e. The SMILES string of the molecule is CCOC(=O)C1CCCN(C(=O)c2ccc3noc(-c4ccc(C)cc4)c3c2)C1. The molecule has 1 amide bonds. The lowest BCUT2D eigenvalue weighted by Crippen LogP contribution is -2.42. The summed E-state index contributed by atoms with van der Waals surface area (Å²) in [6, 6.07) is 13.4. The molecule has 150 valence electrons. The van der Waals surface area contributed by atoms with Crippen LogP contribution in [0, 0.1) is 12.8 Å². The molecule has 1 aliphatic heterocycles. The van der Waals surface area contributed by atoms with Gasteiger partial charge in [0.25, 0.3) is 5.91 Å². The molecule has 1 aliphatic rings. The zero-order valence-corrected chi connectivity index (χ0v) is 16.7. The van der Waals surface area contributed by atoms with Crippen molar-refractivity contribution in [2.24, 2.45) is 5.92 Å². The number of carbonyl (C=O) groups is 2. The Morgan fingerprint density at radius 2 is 2.00 bits per heavy atom. The molecule has 1 atom stereocenters. The highest BCUT2D eigenvalue weighted by atomic mass is 16.5. The van der Waals surface area contributed by atoms with Crippen LogP contribution in [0.2, 0.25) is 0 Å². The molecule has 29 heavy (non-hydrogen) atoms. The van der Waals surface area contributed by atoms with Gasteiger partial charge in [-0.05, 0) is 44.9 Å². The van der Waals surface area contributed by atoms with Crippen LogP contribution in [0.25, 0.3) is 22.2 Å². The lowest BCUT2D eigenvalue weighted by Gasteiger charge is -2.31. The molecule has 3 aromatic rings. The molecule has 0 aliphatic carbocycles. The van der Waals surface area contributed by atoms with Crippen molar-refractivity contribution in [2.75, 3.05) is 19.7 Å². The van der Waals surface area contributed by atoms with Crippen molar-refractivity contribution in [3.63, 3.8) is 0 Å². The van der Waals surface area contributed by atoms with Crippen molar-refractivity contribution in [3.05, 3.63) is 53.6 Å². The van der Waals surface area contributed by atoms with Crippen molar-refractivity contribution < 1.29 is 18.8 Å². The van der Waals surface area contributed by atoms with E-state index in [2.05, 4.69) is 5.16 Å². The fourth-order valence-electron chi connectivity index (χ4n) is 3.78. The molecule has 0 saturated carbocycles. The van der Waals surface area contributed by atoms with Crippen LogP contribution < -0.4 is 0 Å². The van der Waals surface area contributed by atoms with Gasteiger partial charge in [0.15, 0.2) is 5.76 Å². The van der Waals surface area contributed by atoms with Gasteiger partial charge in [0.2, 0.25) is 0 Å². The lowest BCUT2D eigenvalue weighted by molar-refractivity contribution is -0.149. The summed E-state index contributed by atoms with van der Waals surface area (Å²) in [6.45, 7) is 5.21. The van der Waals surface area contributed by atoms with E-state index in [-0.39, 0.29) is 17.8 Å². The first-order valence-corrected chi connectivity index (χ1v) is 9.99. The van der Waals surface area contributed by atoms with Crippen molar-refractivity contribution in [1.82, 2.24) is 10.1 Å². The summed E-state index contributed by atoms with van der Waals surface area (Å²) >= 11 is 0. The van der Waals surface area contributed by atoms with E-state index in [9.17, 15) is 9.59 Å². The van der Waals surface area contributed by atoms with Crippen LogP contribution in [0.5, 0.6) is 0 Å². The third kappa shape index (κ3) is 3.88. The maximum absolute atomic E-state index is 13.1. The molecule has 1 aromatic heterocycles. The Morgan fingerprint density at radius 3 is 2.76 bits per heavy atom. The Hall–Kier alpha value is -3.15. The number of aryl methyl sites for hydroxylation is 1. The number of fused-ring (bicyclic) bond motifs is 1. The van der Waals surface area contributed by atoms with Crippen LogP contribution in [0.4, 0.5) is 0 Å². The van der Waals surface area contributed by atoms with Crippen molar-refractivity contribution in [2.45, 2.75) is 26.7 Å². The molecule has 0 radical (unpaired) electrons. The molecular weight excluding hydrogens is 368 g/mol. The van der Waals surface area contributed by atoms with Crippen LogP contribution in [0.1, 0.15) is 35.7 Å². The summed E-state index contributed by atoms with van der Waals surface area (Å²) in [4.78, 5) is 26.9. The second kappa shape index (κ2) is 8.07. The van der Waals surface area contributed by atoms with Gasteiger partial charge < -0.3 is 14.2 Å². The Labute approximate surface area is 169 Å². The molecule has 0 bridgehead atoms. The second-order valence-corrected chi connectivity index (χ2v) is 7.45. The van der Waals surface area contributed by atoms with E-state index >= 15 is 0 Å². The highest BCUT2D eigenvalue weighted by Crippen LogP contribution is 2.30. The van der Waals surface area contributed by atoms with Crippen LogP contribution in [0.15, 0.2) is 47.0 Å². The van der Waals surface area contributed by atoms with E-state index < -0.39 is 0 Å². The molecule has 1 saturated heterocycles. The normalized spacial score (nSPS) is 16.8. The van der Waals surface area contributed by atoms with E-state index in [0.29, 0.717) is 36.5 Å². The molecule has 0 N–H and O–H groups in total. The number of esters is 1. The van der Waals surface area contributed by atoms with Crippen LogP contribution >= 0.6 is 0 Å². The van der Waals surface area contributed by atoms with E-state index in [0.717, 1.165) is 29.4 Å². The average Bonchev–Trinajstić information content (AvgIpc) is 3.17. The number of rotatable bonds is 4. The summed E-state index contributed by atoms with van der Waals surface area (Å²) < 4.78 is 10.7. The number of amides is 1. The highest BCUT2D eigenvalue weighted by Gasteiger charge is 2.30. The van der Waals surface area contributed by atoms with Gasteiger partial charge in [-0.1, -0.05) is 35.0 Å². The molecule has 2 heterocycles. The number of hydrogen-bond donors (Lipinski definition) is 0. The maximum atomic E-state index is 13.1. The number of hydrogen-bond acceptors (Lipinski definition) is 5. The maximum Gasteiger partial charge on any atom is 0.310 e. The molecule has 0 spiro atoms. The summed E-state index contributed by atoms with van der Waals surface area (Å²) in [6.07, 6.45) is 1.55. The van der Waals surface area contributed by atoms with E-state index in [4.69, 9.17) is 9.26 Å². The van der Waals surface area contributed by atoms with Gasteiger partial charge in [-0.25, -0.2) is 0 Å². The number of nitrogens with zero attached hydrogens (tertiary/aromatic N) is 2. The minimum Gasteiger partial charge on any atom is -0.466 e. The first-order chi connectivity index (χ1) is 14.1.